The minimum Gasteiger partial charge on any atom is -0.495 e. The van der Waals surface area contributed by atoms with Gasteiger partial charge in [-0.2, -0.15) is 5.26 Å². The normalized spacial score (nSPS) is 12.0. The zero-order valence-corrected chi connectivity index (χ0v) is 12.0. The highest BCUT2D eigenvalue weighted by Crippen LogP contribution is 2.28. The molecule has 5 heteroatoms. The number of thioether (sulfide) groups is 1. The lowest BCUT2D eigenvalue weighted by Crippen LogP contribution is -2.22. The molecule has 1 aromatic rings. The molecule has 0 aliphatic rings. The molecule has 0 spiro atoms. The van der Waals surface area contributed by atoms with Gasteiger partial charge in [-0.1, -0.05) is 25.4 Å². The summed E-state index contributed by atoms with van der Waals surface area (Å²) in [4.78, 5) is 12.3. The van der Waals surface area contributed by atoms with Crippen molar-refractivity contribution in [2.75, 3.05) is 7.11 Å². The molecule has 0 heterocycles. The Balaban J connectivity index is 3.02. The van der Waals surface area contributed by atoms with Crippen LogP contribution < -0.4 is 4.74 Å². The lowest BCUT2D eigenvalue weighted by atomic mass is 10.0. The Labute approximate surface area is 116 Å². The highest BCUT2D eigenvalue weighted by atomic mass is 35.5. The number of hydrogen-bond donors (Lipinski definition) is 0. The maximum Gasteiger partial charge on any atom is 0.177 e. The van der Waals surface area contributed by atoms with Gasteiger partial charge in [0, 0.05) is 5.56 Å². The molecule has 1 aromatic carbocycles. The highest BCUT2D eigenvalue weighted by molar-refractivity contribution is 8.05. The molecule has 0 aliphatic heterocycles. The molecule has 3 nitrogen and oxygen atoms in total. The number of carbonyl (C=O) groups is 1. The van der Waals surface area contributed by atoms with Gasteiger partial charge >= 0.3 is 0 Å². The summed E-state index contributed by atoms with van der Waals surface area (Å²) in [7, 11) is 1.52. The summed E-state index contributed by atoms with van der Waals surface area (Å²) in [6.07, 6.45) is 0. The molecule has 96 valence electrons. The van der Waals surface area contributed by atoms with Crippen molar-refractivity contribution in [2.45, 2.75) is 19.1 Å². The van der Waals surface area contributed by atoms with Crippen LogP contribution in [0.1, 0.15) is 24.2 Å². The van der Waals surface area contributed by atoms with E-state index in [4.69, 9.17) is 21.6 Å². The monoisotopic (exact) mass is 283 g/mol. The molecular formula is C13H14ClNO2S. The standard InChI is InChI=1S/C13H14ClNO2S/c1-8(2)13(18-7-15)12(16)9-4-5-11(17-3)10(14)6-9/h4-6,8,13H,1-3H3. The molecular weight excluding hydrogens is 270 g/mol. The molecule has 0 bridgehead atoms. The lowest BCUT2D eigenvalue weighted by molar-refractivity contribution is 0.0976. The van der Waals surface area contributed by atoms with Gasteiger partial charge in [0.05, 0.1) is 17.4 Å². The maximum atomic E-state index is 12.3. The number of nitrogens with zero attached hydrogens (tertiary/aromatic N) is 1. The molecule has 1 unspecified atom stereocenters. The van der Waals surface area contributed by atoms with Gasteiger partial charge in [-0.05, 0) is 35.9 Å². The van der Waals surface area contributed by atoms with Crippen molar-refractivity contribution in [1.82, 2.24) is 0 Å². The van der Waals surface area contributed by atoms with E-state index < -0.39 is 0 Å². The van der Waals surface area contributed by atoms with Crippen LogP contribution in [0.5, 0.6) is 5.75 Å². The Bertz CT molecular complexity index is 482. The average molecular weight is 284 g/mol. The number of ether oxygens (including phenoxy) is 1. The van der Waals surface area contributed by atoms with Crippen molar-refractivity contribution in [3.05, 3.63) is 28.8 Å². The van der Waals surface area contributed by atoms with E-state index in [2.05, 4.69) is 0 Å². The van der Waals surface area contributed by atoms with Crippen LogP contribution in [0.2, 0.25) is 5.02 Å². The molecule has 0 fully saturated rings. The zero-order valence-electron chi connectivity index (χ0n) is 10.4. The van der Waals surface area contributed by atoms with Crippen LogP contribution in [-0.2, 0) is 0 Å². The number of methoxy groups -OCH3 is 1. The Kier molecular flexibility index (Phi) is 5.52. The van der Waals surface area contributed by atoms with E-state index in [9.17, 15) is 4.79 Å². The van der Waals surface area contributed by atoms with Crippen molar-refractivity contribution in [1.29, 1.82) is 5.26 Å². The van der Waals surface area contributed by atoms with Crippen molar-refractivity contribution in [3.63, 3.8) is 0 Å². The first-order valence-electron chi connectivity index (χ1n) is 5.43. The molecule has 0 saturated heterocycles. The second-order valence-electron chi connectivity index (χ2n) is 4.09. The van der Waals surface area contributed by atoms with E-state index in [1.165, 1.54) is 7.11 Å². The first-order chi connectivity index (χ1) is 8.51. The van der Waals surface area contributed by atoms with Gasteiger partial charge in [0.2, 0.25) is 0 Å². The predicted octanol–water partition coefficient (Wildman–Crippen LogP) is 3.77. The molecule has 1 atom stereocenters. The summed E-state index contributed by atoms with van der Waals surface area (Å²) in [6.45, 7) is 3.83. The first kappa shape index (κ1) is 14.9. The van der Waals surface area contributed by atoms with Gasteiger partial charge < -0.3 is 4.74 Å². The summed E-state index contributed by atoms with van der Waals surface area (Å²) >= 11 is 6.97. The number of ketones is 1. The Morgan fingerprint density at radius 3 is 2.61 bits per heavy atom. The van der Waals surface area contributed by atoms with Crippen LogP contribution >= 0.6 is 23.4 Å². The lowest BCUT2D eigenvalue weighted by Gasteiger charge is -2.16. The van der Waals surface area contributed by atoms with Crippen molar-refractivity contribution in [3.8, 4) is 11.2 Å². The topological polar surface area (TPSA) is 50.1 Å². The van der Waals surface area contributed by atoms with E-state index >= 15 is 0 Å². The fourth-order valence-corrected chi connectivity index (χ4v) is 2.42. The Morgan fingerprint density at radius 2 is 2.17 bits per heavy atom. The Morgan fingerprint density at radius 1 is 1.50 bits per heavy atom. The average Bonchev–Trinajstić information content (AvgIpc) is 2.34. The number of nitriles is 1. The van der Waals surface area contributed by atoms with Crippen LogP contribution in [0.15, 0.2) is 18.2 Å². The van der Waals surface area contributed by atoms with E-state index in [0.29, 0.717) is 16.3 Å². The number of thiocyanates is 1. The molecule has 0 saturated carbocycles. The third-order valence-corrected chi connectivity index (χ3v) is 3.89. The summed E-state index contributed by atoms with van der Waals surface area (Å²) in [6, 6.07) is 4.90. The van der Waals surface area contributed by atoms with Crippen LogP contribution in [0, 0.1) is 16.6 Å². The molecule has 1 rings (SSSR count). The molecule has 18 heavy (non-hydrogen) atoms. The second-order valence-corrected chi connectivity index (χ2v) is 5.42. The van der Waals surface area contributed by atoms with Gasteiger partial charge in [-0.3, -0.25) is 4.79 Å². The smallest absolute Gasteiger partial charge is 0.177 e. The van der Waals surface area contributed by atoms with Crippen molar-refractivity contribution >= 4 is 29.1 Å². The van der Waals surface area contributed by atoms with Crippen LogP contribution in [0.25, 0.3) is 0 Å². The fraction of sp³-hybridized carbons (Fsp3) is 0.385. The summed E-state index contributed by atoms with van der Waals surface area (Å²) < 4.78 is 5.03. The first-order valence-corrected chi connectivity index (χ1v) is 6.69. The maximum absolute atomic E-state index is 12.3. The number of hydrogen-bond acceptors (Lipinski definition) is 4. The van der Waals surface area contributed by atoms with Crippen LogP contribution in [0.3, 0.4) is 0 Å². The van der Waals surface area contributed by atoms with Gasteiger partial charge in [0.25, 0.3) is 0 Å². The van der Waals surface area contributed by atoms with E-state index in [0.717, 1.165) is 11.8 Å². The van der Waals surface area contributed by atoms with Gasteiger partial charge in [-0.15, -0.1) is 0 Å². The molecule has 0 aliphatic carbocycles. The van der Waals surface area contributed by atoms with E-state index in [1.54, 1.807) is 18.2 Å². The second kappa shape index (κ2) is 6.67. The summed E-state index contributed by atoms with van der Waals surface area (Å²) in [5.74, 6) is 0.534. The fourth-order valence-electron chi connectivity index (χ4n) is 1.53. The van der Waals surface area contributed by atoms with Crippen LogP contribution in [0.4, 0.5) is 0 Å². The van der Waals surface area contributed by atoms with Crippen molar-refractivity contribution < 1.29 is 9.53 Å². The van der Waals surface area contributed by atoms with Gasteiger partial charge in [0.1, 0.15) is 11.2 Å². The van der Waals surface area contributed by atoms with E-state index in [-0.39, 0.29) is 17.0 Å². The zero-order chi connectivity index (χ0) is 13.7. The summed E-state index contributed by atoms with van der Waals surface area (Å²) in [5.41, 5.74) is 0.502. The van der Waals surface area contributed by atoms with Crippen molar-refractivity contribution in [2.24, 2.45) is 5.92 Å². The van der Waals surface area contributed by atoms with Crippen LogP contribution in [-0.4, -0.2) is 18.1 Å². The quantitative estimate of drug-likeness (QED) is 0.610. The number of Topliss-reactive ketones (excluding diaryl/α,β-unsaturated/α-hetero) is 1. The number of benzene rings is 1. The molecule has 0 aromatic heterocycles. The third-order valence-electron chi connectivity index (χ3n) is 2.48. The SMILES string of the molecule is COc1ccc(C(=O)C(SC#N)C(C)C)cc1Cl. The number of carbonyl (C=O) groups excluding carboxylic acids is 1. The minimum atomic E-state index is -0.375. The third kappa shape index (κ3) is 3.41. The highest BCUT2D eigenvalue weighted by Gasteiger charge is 2.24. The van der Waals surface area contributed by atoms with Gasteiger partial charge in [-0.25, -0.2) is 0 Å². The molecule has 0 N–H and O–H groups in total. The summed E-state index contributed by atoms with van der Waals surface area (Å²) in [5, 5.41) is 10.7. The number of halogens is 1. The largest absolute Gasteiger partial charge is 0.495 e. The Hall–Kier alpha value is -1.18. The van der Waals surface area contributed by atoms with Gasteiger partial charge in [0.15, 0.2) is 5.78 Å². The molecule has 0 amide bonds. The molecule has 0 radical (unpaired) electrons. The van der Waals surface area contributed by atoms with E-state index in [1.807, 2.05) is 19.2 Å². The predicted molar refractivity (Wildman–Crippen MR) is 74.2 cm³/mol. The number of rotatable bonds is 5. The minimum absolute atomic E-state index is 0.0823.